The lowest BCUT2D eigenvalue weighted by Gasteiger charge is -2.26. The maximum absolute atomic E-state index is 9.73. The predicted octanol–water partition coefficient (Wildman–Crippen LogP) is 2.50. The third kappa shape index (κ3) is 1.90. The number of nitrogens with zero attached hydrogens (tertiary/aromatic N) is 5. The summed E-state index contributed by atoms with van der Waals surface area (Å²) < 4.78 is 7.33. The summed E-state index contributed by atoms with van der Waals surface area (Å²) in [5.41, 5.74) is 9.54. The van der Waals surface area contributed by atoms with Gasteiger partial charge < -0.3 is 10.5 Å². The molecule has 0 amide bonds. The number of ether oxygens (including phenoxy) is 1. The average molecular weight is 340 g/mol. The van der Waals surface area contributed by atoms with Gasteiger partial charge in [0.05, 0.1) is 11.4 Å². The minimum atomic E-state index is -0.400. The van der Waals surface area contributed by atoms with E-state index in [2.05, 4.69) is 21.6 Å². The third-order valence-electron chi connectivity index (χ3n) is 4.64. The molecule has 26 heavy (non-hydrogen) atoms. The minimum absolute atomic E-state index is 0.106. The molecule has 7 heteroatoms. The van der Waals surface area contributed by atoms with Crippen molar-refractivity contribution in [2.75, 3.05) is 0 Å². The second-order valence-electron chi connectivity index (χ2n) is 6.04. The molecular formula is C19H12N6O. The second kappa shape index (κ2) is 5.29. The van der Waals surface area contributed by atoms with Gasteiger partial charge in [-0.15, -0.1) is 5.10 Å². The number of hydrogen-bond acceptors (Lipinski definition) is 6. The van der Waals surface area contributed by atoms with Crippen LogP contribution in [0, 0.1) is 11.3 Å². The molecule has 2 aromatic carbocycles. The number of hydrogen-bond donors (Lipinski definition) is 1. The Balaban J connectivity index is 1.89. The van der Waals surface area contributed by atoms with Crippen molar-refractivity contribution in [2.24, 2.45) is 5.73 Å². The van der Waals surface area contributed by atoms with Crippen LogP contribution in [0.5, 0.6) is 5.75 Å². The highest BCUT2D eigenvalue weighted by Gasteiger charge is 2.32. The third-order valence-corrected chi connectivity index (χ3v) is 4.64. The van der Waals surface area contributed by atoms with Crippen molar-refractivity contribution in [2.45, 2.75) is 5.92 Å². The summed E-state index contributed by atoms with van der Waals surface area (Å²) in [5.74, 6) is 0.339. The van der Waals surface area contributed by atoms with Crippen LogP contribution in [0.25, 0.3) is 16.6 Å². The molecule has 0 spiro atoms. The van der Waals surface area contributed by atoms with Crippen molar-refractivity contribution in [1.82, 2.24) is 20.0 Å². The molecule has 124 valence electrons. The molecule has 0 saturated carbocycles. The molecule has 0 saturated heterocycles. The first-order valence-corrected chi connectivity index (χ1v) is 8.04. The van der Waals surface area contributed by atoms with Crippen LogP contribution in [0.2, 0.25) is 0 Å². The van der Waals surface area contributed by atoms with Crippen LogP contribution >= 0.6 is 0 Å². The van der Waals surface area contributed by atoms with Crippen LogP contribution in [-0.2, 0) is 0 Å². The second-order valence-corrected chi connectivity index (χ2v) is 6.04. The molecule has 4 aromatic rings. The number of nitriles is 1. The average Bonchev–Trinajstić information content (AvgIpc) is 3.16. The Morgan fingerprint density at radius 3 is 2.77 bits per heavy atom. The first kappa shape index (κ1) is 14.4. The van der Waals surface area contributed by atoms with E-state index < -0.39 is 5.92 Å². The van der Waals surface area contributed by atoms with Gasteiger partial charge in [-0.1, -0.05) is 36.4 Å². The van der Waals surface area contributed by atoms with E-state index in [1.165, 1.54) is 0 Å². The van der Waals surface area contributed by atoms with E-state index in [4.69, 9.17) is 10.5 Å². The number of benzene rings is 2. The number of aromatic nitrogens is 4. The van der Waals surface area contributed by atoms with Crippen LogP contribution in [0.3, 0.4) is 0 Å². The van der Waals surface area contributed by atoms with Gasteiger partial charge in [0, 0.05) is 16.5 Å². The zero-order valence-corrected chi connectivity index (χ0v) is 13.5. The standard InChI is InChI=1S/C19H12N6O/c20-10-14-17(12-6-2-4-8-16(12)26-18(14)21)13-9-11-5-1-3-7-15(11)25-19(13)22-23-24-25/h1-9,17H,21H2. The number of rotatable bonds is 1. The first-order valence-electron chi connectivity index (χ1n) is 8.04. The Hall–Kier alpha value is -3.92. The molecule has 2 aromatic heterocycles. The molecule has 7 nitrogen and oxygen atoms in total. The van der Waals surface area contributed by atoms with Crippen molar-refractivity contribution in [3.05, 3.63) is 77.2 Å². The molecule has 5 rings (SSSR count). The molecule has 0 fully saturated rings. The Bertz CT molecular complexity index is 1250. The van der Waals surface area contributed by atoms with Crippen molar-refractivity contribution >= 4 is 16.6 Å². The number of fused-ring (bicyclic) bond motifs is 4. The molecule has 0 aliphatic carbocycles. The number of para-hydroxylation sites is 2. The largest absolute Gasteiger partial charge is 0.440 e. The van der Waals surface area contributed by atoms with Crippen molar-refractivity contribution in [1.29, 1.82) is 5.26 Å². The fourth-order valence-corrected chi connectivity index (χ4v) is 3.50. The molecule has 0 bridgehead atoms. The van der Waals surface area contributed by atoms with Gasteiger partial charge in [-0.05, 0) is 28.6 Å². The fourth-order valence-electron chi connectivity index (χ4n) is 3.50. The predicted molar refractivity (Wildman–Crippen MR) is 94.0 cm³/mol. The molecule has 0 radical (unpaired) electrons. The highest BCUT2D eigenvalue weighted by Crippen LogP contribution is 2.43. The Kier molecular flexibility index (Phi) is 2.94. The summed E-state index contributed by atoms with van der Waals surface area (Å²) in [6.07, 6.45) is 0. The fraction of sp³-hybridized carbons (Fsp3) is 0.0526. The maximum Gasteiger partial charge on any atom is 0.205 e. The molecular weight excluding hydrogens is 328 g/mol. The Morgan fingerprint density at radius 1 is 1.08 bits per heavy atom. The normalized spacial score (nSPS) is 16.3. The summed E-state index contributed by atoms with van der Waals surface area (Å²) in [6, 6.07) is 19.6. The number of pyridine rings is 1. The number of nitrogens with two attached hydrogens (primary N) is 1. The highest BCUT2D eigenvalue weighted by atomic mass is 16.5. The summed E-state index contributed by atoms with van der Waals surface area (Å²) in [5, 5.41) is 22.9. The lowest BCUT2D eigenvalue weighted by atomic mass is 9.83. The topological polar surface area (TPSA) is 102 Å². The van der Waals surface area contributed by atoms with Crippen molar-refractivity contribution in [3.63, 3.8) is 0 Å². The molecule has 1 atom stereocenters. The van der Waals surface area contributed by atoms with E-state index in [1.54, 1.807) is 4.52 Å². The molecule has 1 aliphatic rings. The minimum Gasteiger partial charge on any atom is -0.440 e. The van der Waals surface area contributed by atoms with Gasteiger partial charge in [0.2, 0.25) is 5.88 Å². The van der Waals surface area contributed by atoms with Crippen molar-refractivity contribution < 1.29 is 4.74 Å². The van der Waals surface area contributed by atoms with Crippen LogP contribution in [0.4, 0.5) is 0 Å². The van der Waals surface area contributed by atoms with E-state index in [-0.39, 0.29) is 5.88 Å². The molecule has 1 unspecified atom stereocenters. The van der Waals surface area contributed by atoms with Crippen LogP contribution in [0.15, 0.2) is 66.1 Å². The lowest BCUT2D eigenvalue weighted by molar-refractivity contribution is 0.394. The van der Waals surface area contributed by atoms with Gasteiger partial charge in [0.15, 0.2) is 5.65 Å². The Labute approximate surface area is 147 Å². The van der Waals surface area contributed by atoms with Gasteiger partial charge in [-0.3, -0.25) is 0 Å². The number of allylic oxidation sites excluding steroid dienone is 1. The quantitative estimate of drug-likeness (QED) is 0.571. The van der Waals surface area contributed by atoms with Gasteiger partial charge >= 0.3 is 0 Å². The summed E-state index contributed by atoms with van der Waals surface area (Å²) in [6.45, 7) is 0. The summed E-state index contributed by atoms with van der Waals surface area (Å²) in [7, 11) is 0. The summed E-state index contributed by atoms with van der Waals surface area (Å²) >= 11 is 0. The van der Waals surface area contributed by atoms with Gasteiger partial charge in [0.25, 0.3) is 0 Å². The maximum atomic E-state index is 9.73. The molecule has 2 N–H and O–H groups in total. The van der Waals surface area contributed by atoms with Crippen LogP contribution < -0.4 is 10.5 Å². The van der Waals surface area contributed by atoms with Crippen LogP contribution in [-0.4, -0.2) is 20.0 Å². The monoisotopic (exact) mass is 340 g/mol. The zero-order chi connectivity index (χ0) is 17.7. The number of tetrazole rings is 1. The molecule has 1 aliphatic heterocycles. The van der Waals surface area contributed by atoms with Gasteiger partial charge in [-0.25, -0.2) is 0 Å². The SMILES string of the molecule is N#CC1=C(N)Oc2ccccc2C1c1cc2ccccc2n2nnnc12. The van der Waals surface area contributed by atoms with Crippen molar-refractivity contribution in [3.8, 4) is 11.8 Å². The van der Waals surface area contributed by atoms with Gasteiger partial charge in [-0.2, -0.15) is 9.78 Å². The van der Waals surface area contributed by atoms with E-state index >= 15 is 0 Å². The first-order chi connectivity index (χ1) is 12.8. The lowest BCUT2D eigenvalue weighted by Crippen LogP contribution is -2.21. The van der Waals surface area contributed by atoms with E-state index in [1.807, 2.05) is 54.6 Å². The summed E-state index contributed by atoms with van der Waals surface area (Å²) in [4.78, 5) is 0. The van der Waals surface area contributed by atoms with E-state index in [0.717, 1.165) is 22.0 Å². The highest BCUT2D eigenvalue weighted by molar-refractivity contribution is 5.84. The molecule has 3 heterocycles. The van der Waals surface area contributed by atoms with Gasteiger partial charge in [0.1, 0.15) is 17.4 Å². The van der Waals surface area contributed by atoms with Crippen LogP contribution in [0.1, 0.15) is 17.0 Å². The van der Waals surface area contributed by atoms with E-state index in [0.29, 0.717) is 17.0 Å². The van der Waals surface area contributed by atoms with E-state index in [9.17, 15) is 5.26 Å². The smallest absolute Gasteiger partial charge is 0.205 e. The zero-order valence-electron chi connectivity index (χ0n) is 13.5. The Morgan fingerprint density at radius 2 is 1.88 bits per heavy atom.